The average molecular weight is 1470 g/mol. The van der Waals surface area contributed by atoms with Crippen molar-refractivity contribution in [2.75, 3.05) is 11.4 Å². The Morgan fingerprint density at radius 2 is 0.830 bits per heavy atom. The van der Waals surface area contributed by atoms with Gasteiger partial charge in [0.15, 0.2) is 0 Å². The molecule has 2 aromatic carbocycles. The molecular formula is C85H105N3O5S7. The summed E-state index contributed by atoms with van der Waals surface area (Å²) in [6, 6.07) is 31.6. The van der Waals surface area contributed by atoms with Crippen LogP contribution in [0.4, 0.5) is 11.4 Å². The highest BCUT2D eigenvalue weighted by molar-refractivity contribution is 7.31. The van der Waals surface area contributed by atoms with Crippen LogP contribution in [0.1, 0.15) is 252 Å². The van der Waals surface area contributed by atoms with E-state index >= 15 is 0 Å². The number of thiophene rings is 6. The molecule has 15 heteroatoms. The van der Waals surface area contributed by atoms with Gasteiger partial charge in [-0.05, 0) is 208 Å². The fourth-order valence-electron chi connectivity index (χ4n) is 14.2. The maximum Gasteiger partial charge on any atom is 0.336 e. The Morgan fingerprint density at radius 1 is 0.450 bits per heavy atom. The lowest BCUT2D eigenvalue weighted by Gasteiger charge is -2.25. The molecule has 7 aromatic heterocycles. The third-order valence-corrected chi connectivity index (χ3v) is 28.8. The molecule has 0 spiro atoms. The van der Waals surface area contributed by atoms with Gasteiger partial charge in [-0.15, -0.1) is 79.4 Å². The number of thiazole rings is 1. The summed E-state index contributed by atoms with van der Waals surface area (Å²) in [5, 5.41) is 19.9. The molecule has 0 saturated carbocycles. The van der Waals surface area contributed by atoms with E-state index in [1.807, 2.05) is 40.1 Å². The zero-order chi connectivity index (χ0) is 70.5. The average Bonchev–Trinajstić information content (AvgIpc) is 1.61. The predicted molar refractivity (Wildman–Crippen MR) is 437 cm³/mol. The number of nitrogens with zero attached hydrogens (tertiary/aromatic N) is 3. The first-order valence-electron chi connectivity index (χ1n) is 37.9. The van der Waals surface area contributed by atoms with Crippen molar-refractivity contribution in [3.63, 3.8) is 0 Å². The molecule has 0 aliphatic carbocycles. The van der Waals surface area contributed by atoms with Gasteiger partial charge in [0, 0.05) is 76.4 Å². The number of unbranched alkanes of at least 4 members (excludes halogenated alkanes) is 18. The zero-order valence-electron chi connectivity index (χ0n) is 60.4. The molecule has 0 saturated heterocycles. The minimum Gasteiger partial charge on any atom is -0.486 e. The van der Waals surface area contributed by atoms with E-state index in [1.165, 1.54) is 207 Å². The molecule has 0 bridgehead atoms. The van der Waals surface area contributed by atoms with Gasteiger partial charge in [-0.3, -0.25) is 19.0 Å². The number of carbonyl (C=O) groups is 2. The number of aryl methyl sites for hydroxylation is 8. The smallest absolute Gasteiger partial charge is 0.336 e. The number of aromatic nitrogens is 1. The lowest BCUT2D eigenvalue weighted by atomic mass is 10.0. The molecule has 1 aliphatic rings. The first-order chi connectivity index (χ1) is 48.8. The summed E-state index contributed by atoms with van der Waals surface area (Å²) in [6.07, 6.45) is 38.4. The third-order valence-electron chi connectivity index (χ3n) is 19.7. The maximum absolute atomic E-state index is 14.1. The van der Waals surface area contributed by atoms with Gasteiger partial charge in [0.25, 0.3) is 5.56 Å². The first-order valence-corrected chi connectivity index (χ1v) is 43.6. The van der Waals surface area contributed by atoms with E-state index in [4.69, 9.17) is 6.57 Å². The van der Waals surface area contributed by atoms with E-state index in [1.54, 1.807) is 11.3 Å². The van der Waals surface area contributed by atoms with E-state index < -0.39 is 29.7 Å². The molecule has 0 unspecified atom stereocenters. The third kappa shape index (κ3) is 19.3. The number of carboxylic acid groups (broad SMARTS) is 2. The second-order valence-corrected chi connectivity index (χ2v) is 34.7. The lowest BCUT2D eigenvalue weighted by molar-refractivity contribution is -0.138. The van der Waals surface area contributed by atoms with Gasteiger partial charge >= 0.3 is 17.6 Å². The van der Waals surface area contributed by atoms with Crippen molar-refractivity contribution < 1.29 is 19.8 Å². The molecule has 100 heavy (non-hydrogen) atoms. The van der Waals surface area contributed by atoms with Crippen LogP contribution in [-0.2, 0) is 67.5 Å². The highest BCUT2D eigenvalue weighted by atomic mass is 32.1. The van der Waals surface area contributed by atoms with Gasteiger partial charge in [0.1, 0.15) is 11.2 Å². The van der Waals surface area contributed by atoms with Crippen LogP contribution in [0.15, 0.2) is 83.7 Å². The van der Waals surface area contributed by atoms with Crippen molar-refractivity contribution in [3.05, 3.63) is 159 Å². The Morgan fingerprint density at radius 3 is 1.24 bits per heavy atom. The molecule has 0 atom stereocenters. The second kappa shape index (κ2) is 38.5. The van der Waals surface area contributed by atoms with Crippen LogP contribution in [0.3, 0.4) is 0 Å². The molecule has 532 valence electrons. The Hall–Kier alpha value is -5.96. The van der Waals surface area contributed by atoms with Crippen LogP contribution in [-0.4, -0.2) is 33.3 Å². The summed E-state index contributed by atoms with van der Waals surface area (Å²) in [5.41, 5.74) is 14.1. The number of fused-ring (bicyclic) bond motifs is 2. The second-order valence-electron chi connectivity index (χ2n) is 27.4. The Bertz CT molecular complexity index is 4410. The number of carboxylic acids is 2. The van der Waals surface area contributed by atoms with Crippen LogP contribution in [0, 0.1) is 6.57 Å². The zero-order valence-corrected chi connectivity index (χ0v) is 66.2. The van der Waals surface area contributed by atoms with Gasteiger partial charge in [-0.2, -0.15) is 0 Å². The van der Waals surface area contributed by atoms with Crippen molar-refractivity contribution in [3.8, 4) is 59.2 Å². The highest BCUT2D eigenvalue weighted by Gasteiger charge is 2.27. The summed E-state index contributed by atoms with van der Waals surface area (Å²) < 4.78 is 1.01. The molecule has 8 nitrogen and oxygen atoms in total. The van der Waals surface area contributed by atoms with Crippen LogP contribution >= 0.6 is 79.4 Å². The largest absolute Gasteiger partial charge is 0.486 e. The topological polar surface area (TPSA) is 104 Å². The molecule has 0 fully saturated rings. The van der Waals surface area contributed by atoms with Gasteiger partial charge in [-0.1, -0.05) is 181 Å². The van der Waals surface area contributed by atoms with Gasteiger partial charge in [0.2, 0.25) is 0 Å². The Labute approximate surface area is 624 Å². The molecule has 8 heterocycles. The van der Waals surface area contributed by atoms with E-state index in [-0.39, 0.29) is 9.20 Å². The van der Waals surface area contributed by atoms with Crippen LogP contribution in [0.2, 0.25) is 0 Å². The van der Waals surface area contributed by atoms with Crippen molar-refractivity contribution in [2.45, 2.75) is 260 Å². The molecule has 0 amide bonds. The Kier molecular flexibility index (Phi) is 29.5. The number of benzene rings is 2. The molecule has 2 N–H and O–H groups in total. The van der Waals surface area contributed by atoms with E-state index in [2.05, 4.69) is 160 Å². The highest BCUT2D eigenvalue weighted by Crippen LogP contribution is 2.53. The summed E-state index contributed by atoms with van der Waals surface area (Å²) in [6.45, 7) is 23.9. The van der Waals surface area contributed by atoms with E-state index in [0.29, 0.717) is 0 Å². The summed E-state index contributed by atoms with van der Waals surface area (Å²) in [7, 11) is 0. The van der Waals surface area contributed by atoms with Crippen LogP contribution in [0.25, 0.3) is 75.8 Å². The van der Waals surface area contributed by atoms with E-state index in [9.17, 15) is 24.6 Å². The molecule has 9 aromatic rings. The predicted octanol–water partition coefficient (Wildman–Crippen LogP) is 25.3. The summed E-state index contributed by atoms with van der Waals surface area (Å²) in [5.74, 6) is -2.77. The Balaban J connectivity index is 1.09. The quantitative estimate of drug-likeness (QED) is 0.0292. The summed E-state index contributed by atoms with van der Waals surface area (Å²) >= 11 is 12.6. The van der Waals surface area contributed by atoms with Crippen molar-refractivity contribution in [2.24, 2.45) is 0 Å². The minimum atomic E-state index is -1.49. The van der Waals surface area contributed by atoms with Crippen molar-refractivity contribution >= 4 is 114 Å². The first kappa shape index (κ1) is 76.7. The van der Waals surface area contributed by atoms with Crippen molar-refractivity contribution in [1.82, 2.24) is 4.57 Å². The van der Waals surface area contributed by atoms with Crippen molar-refractivity contribution in [1.29, 1.82) is 0 Å². The van der Waals surface area contributed by atoms with Gasteiger partial charge in [-0.25, -0.2) is 4.85 Å². The van der Waals surface area contributed by atoms with E-state index in [0.717, 1.165) is 140 Å². The molecular weight excluding hydrogens is 1370 g/mol. The van der Waals surface area contributed by atoms with Gasteiger partial charge < -0.3 is 15.1 Å². The number of para-hydroxylation sites is 1. The fraction of sp³-hybridized carbons (Fsp3) is 0.482. The number of anilines is 2. The standard InChI is InChI=1S/C85H105N3O5S7/c1-9-16-22-28-37-59-49-70(94-69(59)55-75-83(91)88(56-76(89)90)84(100-75)77(86-8)85(92)93)78-62(39-30-24-18-11-3)51-72(96-78)80-64(41-32-26-20-13-5)53-74(98-80)82-65(42-33-27-21-14-6)54-73(99-82)81-63(40-31-25-19-12-4)52-71(97-81)79-61(38-29-23-17-10-2)50-68(95-79)60-46-47-67-58(48-60)45-44-57-36-34-35-43-66(57)87(67)15-7/h34-36,43,46-55H,9-33,37-42,44-45,56H2,1-7H3,(H,89,90)(H,92,93). The molecule has 0 radical (unpaired) electrons. The lowest BCUT2D eigenvalue weighted by Crippen LogP contribution is -2.35. The number of rotatable bonds is 41. The number of aliphatic carboxylic acids is 2. The molecule has 10 rings (SSSR count). The summed E-state index contributed by atoms with van der Waals surface area (Å²) in [4.78, 5) is 60.4. The fourth-order valence-corrected chi connectivity index (χ4v) is 23.3. The normalized spacial score (nSPS) is 12.7. The monoisotopic (exact) mass is 1470 g/mol. The molecule has 1 aliphatic heterocycles. The SMILES string of the molecule is [C-]#[N+]C(C(=O)O)=c1sc(=Cc2sc(-c3sc(-c4sc(-c5sc(-c6sc(-c7sc(-c8ccc9c(c8)CCc8ccccc8N9CC)cc7CCCCCC)cc6CCCCCC)cc5CCCCCC)cc4CCCCCC)cc3CCCCCC)cc2CCCCCC)c(=O)n1CC(=O)O. The number of hydrogen-bond acceptors (Lipinski definition) is 11. The van der Waals surface area contributed by atoms with Crippen LogP contribution < -0.4 is 19.7 Å². The van der Waals surface area contributed by atoms with Gasteiger partial charge in [0.05, 0.1) is 11.1 Å². The number of hydrogen-bond donors (Lipinski definition) is 2. The maximum atomic E-state index is 14.1. The van der Waals surface area contributed by atoms with Crippen LogP contribution in [0.5, 0.6) is 0 Å². The minimum absolute atomic E-state index is 0.149.